The van der Waals surface area contributed by atoms with Crippen LogP contribution in [0.25, 0.3) is 0 Å². The fourth-order valence-corrected chi connectivity index (χ4v) is 2.48. The predicted octanol–water partition coefficient (Wildman–Crippen LogP) is 4.36. The van der Waals surface area contributed by atoms with Gasteiger partial charge in [-0.2, -0.15) is 0 Å². The Morgan fingerprint density at radius 1 is 1.03 bits per heavy atom. The quantitative estimate of drug-likeness (QED) is 0.212. The number of hydrogen-bond donors (Lipinski definition) is 2. The van der Waals surface area contributed by atoms with Gasteiger partial charge in [0.1, 0.15) is 0 Å². The summed E-state index contributed by atoms with van der Waals surface area (Å²) in [6.07, 6.45) is 4.02. The molecule has 1 aromatic heterocycles. The van der Waals surface area contributed by atoms with Crippen molar-refractivity contribution in [3.8, 4) is 23.1 Å². The zero-order chi connectivity index (χ0) is 20.2. The van der Waals surface area contributed by atoms with Gasteiger partial charge in [0.25, 0.3) is 0 Å². The first-order chi connectivity index (χ1) is 13.7. The monoisotopic (exact) mass is 514 g/mol. The summed E-state index contributed by atoms with van der Waals surface area (Å²) in [7, 11) is 3.18. The Morgan fingerprint density at radius 2 is 1.76 bits per heavy atom. The van der Waals surface area contributed by atoms with E-state index in [4.69, 9.17) is 14.2 Å². The molecule has 7 nitrogen and oxygen atoms in total. The van der Waals surface area contributed by atoms with Gasteiger partial charge in [0.2, 0.25) is 11.6 Å². The van der Waals surface area contributed by atoms with Gasteiger partial charge < -0.3 is 24.8 Å². The average molecular weight is 514 g/mol. The summed E-state index contributed by atoms with van der Waals surface area (Å²) in [5.74, 6) is 2.95. The lowest BCUT2D eigenvalue weighted by molar-refractivity contribution is 0.342. The van der Waals surface area contributed by atoms with E-state index >= 15 is 0 Å². The topological polar surface area (TPSA) is 77.0 Å². The minimum absolute atomic E-state index is 0. The van der Waals surface area contributed by atoms with Crippen LogP contribution in [-0.2, 0) is 6.54 Å². The van der Waals surface area contributed by atoms with Crippen LogP contribution in [0.4, 0.5) is 0 Å². The highest BCUT2D eigenvalue weighted by molar-refractivity contribution is 14.0. The van der Waals surface area contributed by atoms with Crippen molar-refractivity contribution >= 4 is 29.9 Å². The number of nitrogens with one attached hydrogen (secondary N) is 2. The van der Waals surface area contributed by atoms with Crippen molar-refractivity contribution in [2.45, 2.75) is 33.2 Å². The van der Waals surface area contributed by atoms with Crippen LogP contribution in [0.3, 0.4) is 0 Å². The number of aliphatic imine (C=N–C) groups is 1. The first kappa shape index (κ1) is 24.8. The van der Waals surface area contributed by atoms with Gasteiger partial charge in [0.15, 0.2) is 17.5 Å². The Balaban J connectivity index is 0.00000420. The predicted molar refractivity (Wildman–Crippen MR) is 127 cm³/mol. The fraction of sp³-hybridized carbons (Fsp3) is 0.429. The van der Waals surface area contributed by atoms with Crippen LogP contribution in [0.15, 0.2) is 41.5 Å². The number of rotatable bonds is 10. The van der Waals surface area contributed by atoms with Gasteiger partial charge in [-0.1, -0.05) is 25.5 Å². The normalized spacial score (nSPS) is 10.7. The van der Waals surface area contributed by atoms with Gasteiger partial charge in [0, 0.05) is 25.4 Å². The van der Waals surface area contributed by atoms with Crippen LogP contribution >= 0.6 is 24.0 Å². The number of pyridine rings is 1. The summed E-state index contributed by atoms with van der Waals surface area (Å²) in [4.78, 5) is 8.98. The highest BCUT2D eigenvalue weighted by Gasteiger charge is 2.13. The van der Waals surface area contributed by atoms with E-state index in [1.807, 2.05) is 30.3 Å². The molecular formula is C21H31IN4O3. The van der Waals surface area contributed by atoms with Gasteiger partial charge in [-0.15, -0.1) is 24.0 Å². The van der Waals surface area contributed by atoms with E-state index in [2.05, 4.69) is 34.5 Å². The third-order valence-corrected chi connectivity index (χ3v) is 3.97. The Bertz CT molecular complexity index is 732. The number of benzene rings is 1. The van der Waals surface area contributed by atoms with Gasteiger partial charge in [-0.3, -0.25) is 0 Å². The maximum atomic E-state index is 5.89. The van der Waals surface area contributed by atoms with Gasteiger partial charge in [-0.25, -0.2) is 9.98 Å². The van der Waals surface area contributed by atoms with Crippen LogP contribution < -0.4 is 24.8 Å². The number of para-hydroxylation sites is 1. The summed E-state index contributed by atoms with van der Waals surface area (Å²) in [6.45, 7) is 6.49. The first-order valence-electron chi connectivity index (χ1n) is 9.57. The molecule has 2 N–H and O–H groups in total. The van der Waals surface area contributed by atoms with E-state index in [1.54, 1.807) is 20.4 Å². The lowest BCUT2D eigenvalue weighted by Crippen LogP contribution is -2.37. The standard InChI is InChI=1S/C21H30N4O3.HI/c1-5-7-13-23-21(22-6-2)25-15-16-11-12-19(24-14-16)28-20-17(26-3)9-8-10-18(20)27-4;/h8-12,14H,5-7,13,15H2,1-4H3,(H2,22,23,25);1H. The Hall–Kier alpha value is -2.23. The second-order valence-corrected chi connectivity index (χ2v) is 6.07. The number of methoxy groups -OCH3 is 2. The molecule has 2 rings (SSSR count). The number of halogens is 1. The van der Waals surface area contributed by atoms with Crippen LogP contribution in [0, 0.1) is 0 Å². The third kappa shape index (κ3) is 7.96. The van der Waals surface area contributed by atoms with E-state index in [-0.39, 0.29) is 24.0 Å². The highest BCUT2D eigenvalue weighted by Crippen LogP contribution is 2.39. The fourth-order valence-electron chi connectivity index (χ4n) is 2.48. The molecule has 2 aromatic rings. The summed E-state index contributed by atoms with van der Waals surface area (Å²) >= 11 is 0. The maximum Gasteiger partial charge on any atom is 0.219 e. The molecule has 8 heteroatoms. The molecule has 0 saturated carbocycles. The molecule has 0 fully saturated rings. The molecule has 0 unspecified atom stereocenters. The van der Waals surface area contributed by atoms with Crippen LogP contribution in [0.1, 0.15) is 32.3 Å². The lowest BCUT2D eigenvalue weighted by Gasteiger charge is -2.13. The number of aromatic nitrogens is 1. The molecule has 29 heavy (non-hydrogen) atoms. The third-order valence-electron chi connectivity index (χ3n) is 3.97. The second kappa shape index (κ2) is 13.9. The molecular weight excluding hydrogens is 483 g/mol. The number of nitrogens with zero attached hydrogens (tertiary/aromatic N) is 2. The summed E-state index contributed by atoms with van der Waals surface area (Å²) < 4.78 is 16.6. The minimum atomic E-state index is 0. The molecule has 0 bridgehead atoms. The smallest absolute Gasteiger partial charge is 0.219 e. The van der Waals surface area contributed by atoms with Crippen molar-refractivity contribution in [3.63, 3.8) is 0 Å². The van der Waals surface area contributed by atoms with Gasteiger partial charge >= 0.3 is 0 Å². The summed E-state index contributed by atoms with van der Waals surface area (Å²) in [6, 6.07) is 9.23. The van der Waals surface area contributed by atoms with E-state index in [1.165, 1.54) is 0 Å². The molecule has 0 amide bonds. The number of unbranched alkanes of at least 4 members (excludes halogenated alkanes) is 1. The zero-order valence-electron chi connectivity index (χ0n) is 17.5. The summed E-state index contributed by atoms with van der Waals surface area (Å²) in [5.41, 5.74) is 0.993. The van der Waals surface area contributed by atoms with E-state index in [0.717, 1.165) is 37.5 Å². The molecule has 0 aliphatic carbocycles. The van der Waals surface area contributed by atoms with Crippen molar-refractivity contribution < 1.29 is 14.2 Å². The largest absolute Gasteiger partial charge is 0.493 e. The highest BCUT2D eigenvalue weighted by atomic mass is 127. The van der Waals surface area contributed by atoms with Crippen molar-refractivity contribution in [2.75, 3.05) is 27.3 Å². The maximum absolute atomic E-state index is 5.89. The molecule has 1 aromatic carbocycles. The van der Waals surface area contributed by atoms with E-state index in [0.29, 0.717) is 29.7 Å². The zero-order valence-corrected chi connectivity index (χ0v) is 19.9. The molecule has 0 spiro atoms. The second-order valence-electron chi connectivity index (χ2n) is 6.07. The van der Waals surface area contributed by atoms with Crippen molar-refractivity contribution in [3.05, 3.63) is 42.1 Å². The Kier molecular flexibility index (Phi) is 11.9. The Labute approximate surface area is 190 Å². The number of ether oxygens (including phenoxy) is 3. The van der Waals surface area contributed by atoms with Gasteiger partial charge in [-0.05, 0) is 31.0 Å². The van der Waals surface area contributed by atoms with Gasteiger partial charge in [0.05, 0.1) is 20.8 Å². The van der Waals surface area contributed by atoms with Crippen LogP contribution in [-0.4, -0.2) is 38.3 Å². The number of hydrogen-bond acceptors (Lipinski definition) is 5. The van der Waals surface area contributed by atoms with Crippen molar-refractivity contribution in [2.24, 2.45) is 4.99 Å². The summed E-state index contributed by atoms with van der Waals surface area (Å²) in [5, 5.41) is 6.57. The van der Waals surface area contributed by atoms with Crippen LogP contribution in [0.5, 0.6) is 23.1 Å². The lowest BCUT2D eigenvalue weighted by atomic mass is 10.3. The molecule has 0 atom stereocenters. The molecule has 0 saturated heterocycles. The Morgan fingerprint density at radius 3 is 2.31 bits per heavy atom. The molecule has 160 valence electrons. The molecule has 0 radical (unpaired) electrons. The van der Waals surface area contributed by atoms with E-state index < -0.39 is 0 Å². The molecule has 0 aliphatic heterocycles. The van der Waals surface area contributed by atoms with Crippen molar-refractivity contribution in [1.82, 2.24) is 15.6 Å². The first-order valence-corrected chi connectivity index (χ1v) is 9.57. The van der Waals surface area contributed by atoms with Crippen LogP contribution in [0.2, 0.25) is 0 Å². The minimum Gasteiger partial charge on any atom is -0.493 e. The van der Waals surface area contributed by atoms with Crippen molar-refractivity contribution in [1.29, 1.82) is 0 Å². The molecule has 1 heterocycles. The average Bonchev–Trinajstić information content (AvgIpc) is 2.73. The van der Waals surface area contributed by atoms with E-state index in [9.17, 15) is 0 Å². The molecule has 0 aliphatic rings. The SMILES string of the molecule is CCCCNC(=NCc1ccc(Oc2c(OC)cccc2OC)nc1)NCC.I. The number of guanidine groups is 1.